The van der Waals surface area contributed by atoms with Crippen LogP contribution in [0.25, 0.3) is 0 Å². The summed E-state index contributed by atoms with van der Waals surface area (Å²) in [4.78, 5) is 13.5. The molecule has 0 bridgehead atoms. The van der Waals surface area contributed by atoms with Crippen molar-refractivity contribution >= 4 is 5.91 Å². The average molecular weight is 194 g/mol. The molecule has 0 spiro atoms. The van der Waals surface area contributed by atoms with Gasteiger partial charge in [-0.1, -0.05) is 13.8 Å². The Balaban J connectivity index is 2.63. The molecular weight excluding hydrogens is 176 g/mol. The Labute approximate surface area is 85.7 Å². The van der Waals surface area contributed by atoms with Gasteiger partial charge in [-0.3, -0.25) is 4.79 Å². The Morgan fingerprint density at radius 1 is 1.57 bits per heavy atom. The van der Waals surface area contributed by atoms with Crippen LogP contribution in [0.15, 0.2) is 0 Å². The number of rotatable bonds is 2. The van der Waals surface area contributed by atoms with Crippen molar-refractivity contribution in [2.75, 3.05) is 6.54 Å². The van der Waals surface area contributed by atoms with Gasteiger partial charge in [-0.05, 0) is 25.2 Å². The molecule has 78 valence electrons. The lowest BCUT2D eigenvalue weighted by atomic mass is 9.92. The lowest BCUT2D eigenvalue weighted by Crippen LogP contribution is -2.46. The van der Waals surface area contributed by atoms with Crippen molar-refractivity contribution in [3.8, 4) is 6.07 Å². The summed E-state index contributed by atoms with van der Waals surface area (Å²) < 4.78 is 0. The molecule has 0 aromatic carbocycles. The van der Waals surface area contributed by atoms with Gasteiger partial charge in [0.2, 0.25) is 5.91 Å². The van der Waals surface area contributed by atoms with Crippen LogP contribution in [0.5, 0.6) is 0 Å². The lowest BCUT2D eigenvalue weighted by Gasteiger charge is -2.37. The number of likely N-dealkylation sites (tertiary alicyclic amines) is 1. The van der Waals surface area contributed by atoms with E-state index in [0.29, 0.717) is 12.0 Å². The normalized spacial score (nSPS) is 22.1. The molecule has 3 heteroatoms. The summed E-state index contributed by atoms with van der Waals surface area (Å²) in [5.41, 5.74) is 0. The minimum Gasteiger partial charge on any atom is -0.339 e. The molecule has 0 N–H and O–H groups in total. The molecule has 1 saturated heterocycles. The van der Waals surface area contributed by atoms with Gasteiger partial charge in [0.05, 0.1) is 6.07 Å². The van der Waals surface area contributed by atoms with Gasteiger partial charge in [0.15, 0.2) is 0 Å². The van der Waals surface area contributed by atoms with Crippen molar-refractivity contribution in [3.63, 3.8) is 0 Å². The fourth-order valence-corrected chi connectivity index (χ4v) is 2.13. The molecule has 1 fully saturated rings. The van der Waals surface area contributed by atoms with E-state index >= 15 is 0 Å². The van der Waals surface area contributed by atoms with Crippen LogP contribution in [0, 0.1) is 17.2 Å². The highest BCUT2D eigenvalue weighted by atomic mass is 16.2. The monoisotopic (exact) mass is 194 g/mol. The minimum absolute atomic E-state index is 0.00546. The molecule has 14 heavy (non-hydrogen) atoms. The van der Waals surface area contributed by atoms with Crippen LogP contribution in [0.2, 0.25) is 0 Å². The quantitative estimate of drug-likeness (QED) is 0.674. The van der Waals surface area contributed by atoms with E-state index in [1.165, 1.54) is 6.42 Å². The first-order valence-electron chi connectivity index (χ1n) is 5.33. The summed E-state index contributed by atoms with van der Waals surface area (Å²) >= 11 is 0. The number of nitrogens with zero attached hydrogens (tertiary/aromatic N) is 2. The van der Waals surface area contributed by atoms with E-state index < -0.39 is 0 Å². The Bertz CT molecular complexity index is 242. The molecule has 1 heterocycles. The highest BCUT2D eigenvalue weighted by Crippen LogP contribution is 2.23. The van der Waals surface area contributed by atoms with Crippen molar-refractivity contribution < 1.29 is 4.79 Å². The summed E-state index contributed by atoms with van der Waals surface area (Å²) in [5.74, 6) is 0.504. The molecule has 0 aromatic rings. The van der Waals surface area contributed by atoms with E-state index in [-0.39, 0.29) is 12.3 Å². The summed E-state index contributed by atoms with van der Waals surface area (Å²) in [6, 6.07) is 2.28. The lowest BCUT2D eigenvalue weighted by molar-refractivity contribution is -0.134. The second-order valence-electron chi connectivity index (χ2n) is 4.23. The average Bonchev–Trinajstić information content (AvgIpc) is 2.18. The number of amides is 1. The maximum absolute atomic E-state index is 11.6. The second-order valence-corrected chi connectivity index (χ2v) is 4.23. The van der Waals surface area contributed by atoms with Gasteiger partial charge in [0.1, 0.15) is 6.42 Å². The first-order valence-corrected chi connectivity index (χ1v) is 5.33. The zero-order valence-electron chi connectivity index (χ0n) is 8.99. The van der Waals surface area contributed by atoms with E-state index in [1.54, 1.807) is 0 Å². The standard InChI is InChI=1S/C11H18N2O/c1-9(2)10-5-3-4-8-13(10)11(14)6-7-12/h9-10H,3-6,8H2,1-2H3. The van der Waals surface area contributed by atoms with Crippen molar-refractivity contribution in [1.29, 1.82) is 5.26 Å². The third kappa shape index (κ3) is 2.47. The fraction of sp³-hybridized carbons (Fsp3) is 0.818. The molecule has 0 aromatic heterocycles. The number of carbonyl (C=O) groups excluding carboxylic acids is 1. The fourth-order valence-electron chi connectivity index (χ4n) is 2.13. The molecule has 0 aliphatic carbocycles. The summed E-state index contributed by atoms with van der Waals surface area (Å²) in [7, 11) is 0. The summed E-state index contributed by atoms with van der Waals surface area (Å²) in [6.07, 6.45) is 3.41. The summed E-state index contributed by atoms with van der Waals surface area (Å²) in [5, 5.41) is 8.49. The van der Waals surface area contributed by atoms with Gasteiger partial charge in [0.25, 0.3) is 0 Å². The molecule has 0 saturated carbocycles. The first kappa shape index (κ1) is 11.0. The third-order valence-corrected chi connectivity index (χ3v) is 2.87. The maximum Gasteiger partial charge on any atom is 0.237 e. The van der Waals surface area contributed by atoms with Crippen molar-refractivity contribution in [3.05, 3.63) is 0 Å². The Kier molecular flexibility index (Phi) is 3.94. The molecule has 1 unspecified atom stereocenters. The largest absolute Gasteiger partial charge is 0.339 e. The molecule has 1 rings (SSSR count). The molecular formula is C11H18N2O. The van der Waals surface area contributed by atoms with E-state index in [9.17, 15) is 4.79 Å². The van der Waals surface area contributed by atoms with E-state index in [2.05, 4.69) is 13.8 Å². The van der Waals surface area contributed by atoms with Gasteiger partial charge in [-0.25, -0.2) is 0 Å². The van der Waals surface area contributed by atoms with Crippen LogP contribution in [-0.2, 0) is 4.79 Å². The highest BCUT2D eigenvalue weighted by Gasteiger charge is 2.28. The van der Waals surface area contributed by atoms with Gasteiger partial charge >= 0.3 is 0 Å². The maximum atomic E-state index is 11.6. The number of nitriles is 1. The predicted octanol–water partition coefficient (Wildman–Crippen LogP) is 1.94. The molecule has 1 amide bonds. The van der Waals surface area contributed by atoms with Gasteiger partial charge in [0, 0.05) is 12.6 Å². The van der Waals surface area contributed by atoms with Crippen LogP contribution in [0.3, 0.4) is 0 Å². The summed E-state index contributed by atoms with van der Waals surface area (Å²) in [6.45, 7) is 5.12. The van der Waals surface area contributed by atoms with E-state index in [4.69, 9.17) is 5.26 Å². The Morgan fingerprint density at radius 3 is 2.86 bits per heavy atom. The molecule has 1 atom stereocenters. The molecule has 1 aliphatic heterocycles. The predicted molar refractivity (Wildman–Crippen MR) is 54.4 cm³/mol. The Hall–Kier alpha value is -1.04. The molecule has 3 nitrogen and oxygen atoms in total. The number of hydrogen-bond donors (Lipinski definition) is 0. The smallest absolute Gasteiger partial charge is 0.237 e. The van der Waals surface area contributed by atoms with Gasteiger partial charge in [-0.2, -0.15) is 5.26 Å². The number of carbonyl (C=O) groups is 1. The van der Waals surface area contributed by atoms with Crippen LogP contribution in [-0.4, -0.2) is 23.4 Å². The van der Waals surface area contributed by atoms with Crippen LogP contribution >= 0.6 is 0 Å². The molecule has 1 aliphatic rings. The highest BCUT2D eigenvalue weighted by molar-refractivity contribution is 5.78. The van der Waals surface area contributed by atoms with Gasteiger partial charge in [-0.15, -0.1) is 0 Å². The third-order valence-electron chi connectivity index (χ3n) is 2.87. The van der Waals surface area contributed by atoms with E-state index in [1.807, 2.05) is 11.0 Å². The van der Waals surface area contributed by atoms with Crippen LogP contribution in [0.4, 0.5) is 0 Å². The SMILES string of the molecule is CC(C)C1CCCCN1C(=O)CC#N. The topological polar surface area (TPSA) is 44.1 Å². The van der Waals surface area contributed by atoms with Gasteiger partial charge < -0.3 is 4.90 Å². The van der Waals surface area contributed by atoms with E-state index in [0.717, 1.165) is 19.4 Å². The van der Waals surface area contributed by atoms with Crippen LogP contribution in [0.1, 0.15) is 39.5 Å². The van der Waals surface area contributed by atoms with Crippen molar-refractivity contribution in [2.24, 2.45) is 5.92 Å². The second kappa shape index (κ2) is 4.99. The zero-order valence-corrected chi connectivity index (χ0v) is 8.99. The van der Waals surface area contributed by atoms with Crippen LogP contribution < -0.4 is 0 Å². The van der Waals surface area contributed by atoms with Crippen molar-refractivity contribution in [2.45, 2.75) is 45.6 Å². The number of hydrogen-bond acceptors (Lipinski definition) is 2. The number of piperidine rings is 1. The minimum atomic E-state index is 0.00546. The Morgan fingerprint density at radius 2 is 2.29 bits per heavy atom. The first-order chi connectivity index (χ1) is 6.66. The molecule has 0 radical (unpaired) electrons. The zero-order chi connectivity index (χ0) is 10.6. The van der Waals surface area contributed by atoms with Crippen molar-refractivity contribution in [1.82, 2.24) is 4.90 Å².